The summed E-state index contributed by atoms with van der Waals surface area (Å²) in [5.41, 5.74) is 0. The largest absolute Gasteiger partial charge is 0.382 e. The second-order valence-corrected chi connectivity index (χ2v) is 6.59. The molecule has 0 spiro atoms. The second kappa shape index (κ2) is 10.1. The molecule has 3 nitrogen and oxygen atoms in total. The van der Waals surface area contributed by atoms with Crippen molar-refractivity contribution in [1.82, 2.24) is 0 Å². The summed E-state index contributed by atoms with van der Waals surface area (Å²) in [5.74, 6) is 0. The lowest BCUT2D eigenvalue weighted by atomic mass is 9.91. The third kappa shape index (κ3) is 6.56. The van der Waals surface area contributed by atoms with E-state index in [4.69, 9.17) is 14.2 Å². The van der Waals surface area contributed by atoms with E-state index in [0.29, 0.717) is 24.1 Å². The number of alkyl halides is 1. The smallest absolute Gasteiger partial charge is 0.0963 e. The van der Waals surface area contributed by atoms with Gasteiger partial charge in [0.2, 0.25) is 0 Å². The third-order valence-corrected chi connectivity index (χ3v) is 4.54. The van der Waals surface area contributed by atoms with Crippen LogP contribution in [0.25, 0.3) is 0 Å². The number of methoxy groups -OCH3 is 1. The van der Waals surface area contributed by atoms with Crippen molar-refractivity contribution in [1.29, 1.82) is 0 Å². The molecule has 0 heterocycles. The fourth-order valence-corrected chi connectivity index (χ4v) is 3.23. The summed E-state index contributed by atoms with van der Waals surface area (Å²) >= 11 is 3.64. The molecular weight excluding hydrogens is 308 g/mol. The minimum atomic E-state index is 0.188. The van der Waals surface area contributed by atoms with Gasteiger partial charge in [-0.15, -0.1) is 0 Å². The molecule has 0 aromatic rings. The Bertz CT molecular complexity index is 225. The Balaban J connectivity index is 2.13. The highest BCUT2D eigenvalue weighted by Crippen LogP contribution is 2.34. The van der Waals surface area contributed by atoms with Crippen LogP contribution in [-0.2, 0) is 14.2 Å². The molecule has 1 fully saturated rings. The zero-order valence-electron chi connectivity index (χ0n) is 12.6. The normalized spacial score (nSPS) is 28.1. The maximum Gasteiger partial charge on any atom is 0.0963 e. The highest BCUT2D eigenvalue weighted by atomic mass is 79.9. The van der Waals surface area contributed by atoms with Crippen molar-refractivity contribution >= 4 is 15.9 Å². The molecule has 0 aromatic carbocycles. The Morgan fingerprint density at radius 2 is 2.00 bits per heavy atom. The lowest BCUT2D eigenvalue weighted by Gasteiger charge is -2.42. The van der Waals surface area contributed by atoms with Gasteiger partial charge < -0.3 is 14.2 Å². The molecule has 19 heavy (non-hydrogen) atoms. The molecule has 0 aromatic heterocycles. The predicted octanol–water partition coefficient (Wildman–Crippen LogP) is 3.93. The molecule has 1 aliphatic carbocycles. The summed E-state index contributed by atoms with van der Waals surface area (Å²) in [5, 5.41) is 0. The van der Waals surface area contributed by atoms with Gasteiger partial charge in [-0.1, -0.05) is 48.5 Å². The van der Waals surface area contributed by atoms with E-state index in [2.05, 4.69) is 29.8 Å². The monoisotopic (exact) mass is 336 g/mol. The molecule has 0 radical (unpaired) electrons. The lowest BCUT2D eigenvalue weighted by Crippen LogP contribution is -2.52. The summed E-state index contributed by atoms with van der Waals surface area (Å²) in [6.45, 7) is 5.72. The SMILES string of the molecule is CCCCCCC(C)OC1CC(Br)C1OCCOC. The van der Waals surface area contributed by atoms with Crippen molar-refractivity contribution < 1.29 is 14.2 Å². The summed E-state index contributed by atoms with van der Waals surface area (Å²) in [6, 6.07) is 0. The van der Waals surface area contributed by atoms with Gasteiger partial charge in [0.05, 0.1) is 31.5 Å². The first-order valence-corrected chi connectivity index (χ1v) is 8.50. The van der Waals surface area contributed by atoms with Gasteiger partial charge in [-0.3, -0.25) is 0 Å². The molecule has 114 valence electrons. The highest BCUT2D eigenvalue weighted by Gasteiger charge is 2.41. The first-order valence-electron chi connectivity index (χ1n) is 7.59. The average molecular weight is 337 g/mol. The summed E-state index contributed by atoms with van der Waals surface area (Å²) < 4.78 is 16.9. The molecule has 4 atom stereocenters. The first-order chi connectivity index (χ1) is 9.19. The summed E-state index contributed by atoms with van der Waals surface area (Å²) in [7, 11) is 1.70. The molecule has 0 saturated heterocycles. The Labute approximate surface area is 126 Å². The van der Waals surface area contributed by atoms with Crippen molar-refractivity contribution in [3.8, 4) is 0 Å². The maximum absolute atomic E-state index is 6.08. The molecule has 1 saturated carbocycles. The predicted molar refractivity (Wildman–Crippen MR) is 82.0 cm³/mol. The second-order valence-electron chi connectivity index (χ2n) is 5.41. The molecule has 0 bridgehead atoms. The van der Waals surface area contributed by atoms with Gasteiger partial charge >= 0.3 is 0 Å². The fraction of sp³-hybridized carbons (Fsp3) is 1.00. The number of hydrogen-bond acceptors (Lipinski definition) is 3. The Kier molecular flexibility index (Phi) is 9.29. The van der Waals surface area contributed by atoms with Crippen LogP contribution in [0.15, 0.2) is 0 Å². The van der Waals surface area contributed by atoms with Crippen molar-refractivity contribution in [3.05, 3.63) is 0 Å². The van der Waals surface area contributed by atoms with Gasteiger partial charge in [-0.25, -0.2) is 0 Å². The molecule has 4 unspecified atom stereocenters. The van der Waals surface area contributed by atoms with E-state index in [-0.39, 0.29) is 12.2 Å². The fourth-order valence-electron chi connectivity index (χ4n) is 2.36. The van der Waals surface area contributed by atoms with Crippen LogP contribution < -0.4 is 0 Å². The van der Waals surface area contributed by atoms with Crippen LogP contribution in [0.5, 0.6) is 0 Å². The third-order valence-electron chi connectivity index (χ3n) is 3.65. The van der Waals surface area contributed by atoms with Crippen LogP contribution >= 0.6 is 15.9 Å². The van der Waals surface area contributed by atoms with Gasteiger partial charge in [-0.05, 0) is 19.8 Å². The minimum absolute atomic E-state index is 0.188. The van der Waals surface area contributed by atoms with E-state index in [1.807, 2.05) is 0 Å². The van der Waals surface area contributed by atoms with E-state index >= 15 is 0 Å². The highest BCUT2D eigenvalue weighted by molar-refractivity contribution is 9.09. The van der Waals surface area contributed by atoms with E-state index < -0.39 is 0 Å². The molecule has 1 rings (SSSR count). The van der Waals surface area contributed by atoms with Crippen molar-refractivity contribution in [2.45, 2.75) is 75.5 Å². The van der Waals surface area contributed by atoms with E-state index in [1.165, 1.54) is 25.7 Å². The van der Waals surface area contributed by atoms with Gasteiger partial charge in [0.1, 0.15) is 0 Å². The van der Waals surface area contributed by atoms with Gasteiger partial charge in [0, 0.05) is 11.9 Å². The maximum atomic E-state index is 6.08. The van der Waals surface area contributed by atoms with Crippen LogP contribution in [0.4, 0.5) is 0 Å². The first kappa shape index (κ1) is 17.4. The molecule has 1 aliphatic rings. The number of hydrogen-bond donors (Lipinski definition) is 0. The van der Waals surface area contributed by atoms with E-state index in [1.54, 1.807) is 7.11 Å². The zero-order chi connectivity index (χ0) is 14.1. The van der Waals surface area contributed by atoms with Crippen LogP contribution in [0.2, 0.25) is 0 Å². The number of unbranched alkanes of at least 4 members (excludes halogenated alkanes) is 3. The lowest BCUT2D eigenvalue weighted by molar-refractivity contribution is -0.147. The Morgan fingerprint density at radius 1 is 1.21 bits per heavy atom. The quantitative estimate of drug-likeness (QED) is 0.422. The molecule has 0 amide bonds. The number of rotatable bonds is 11. The zero-order valence-corrected chi connectivity index (χ0v) is 14.2. The van der Waals surface area contributed by atoms with Crippen molar-refractivity contribution in [3.63, 3.8) is 0 Å². The summed E-state index contributed by atoms with van der Waals surface area (Å²) in [4.78, 5) is 0.432. The van der Waals surface area contributed by atoms with Gasteiger partial charge in [0.15, 0.2) is 0 Å². The molecule has 0 aliphatic heterocycles. The summed E-state index contributed by atoms with van der Waals surface area (Å²) in [6.07, 6.45) is 8.22. The minimum Gasteiger partial charge on any atom is -0.382 e. The molecular formula is C15H29BrO3. The Hall–Kier alpha value is 0.360. The molecule has 4 heteroatoms. The van der Waals surface area contributed by atoms with Gasteiger partial charge in [0.25, 0.3) is 0 Å². The van der Waals surface area contributed by atoms with Crippen molar-refractivity contribution in [2.75, 3.05) is 20.3 Å². The topological polar surface area (TPSA) is 27.7 Å². The van der Waals surface area contributed by atoms with Crippen LogP contribution in [0.3, 0.4) is 0 Å². The van der Waals surface area contributed by atoms with Gasteiger partial charge in [-0.2, -0.15) is 0 Å². The Morgan fingerprint density at radius 3 is 2.63 bits per heavy atom. The van der Waals surface area contributed by atoms with Crippen LogP contribution in [0, 0.1) is 0 Å². The van der Waals surface area contributed by atoms with Crippen LogP contribution in [0.1, 0.15) is 52.4 Å². The molecule has 0 N–H and O–H groups in total. The van der Waals surface area contributed by atoms with E-state index in [9.17, 15) is 0 Å². The van der Waals surface area contributed by atoms with Crippen molar-refractivity contribution in [2.24, 2.45) is 0 Å². The standard InChI is InChI=1S/C15H29BrO3/c1-4-5-6-7-8-12(2)19-14-11-13(16)15(14)18-10-9-17-3/h12-15H,4-11H2,1-3H3. The average Bonchev–Trinajstić information content (AvgIpc) is 2.39. The van der Waals surface area contributed by atoms with E-state index in [0.717, 1.165) is 12.8 Å². The van der Waals surface area contributed by atoms with Crippen LogP contribution in [-0.4, -0.2) is 43.5 Å². The number of ether oxygens (including phenoxy) is 3. The number of halogens is 1.